The molecular weight excluding hydrogens is 360 g/mol. The van der Waals surface area contributed by atoms with Crippen molar-refractivity contribution in [2.45, 2.75) is 26.9 Å². The molecule has 7 heteroatoms. The smallest absolute Gasteiger partial charge is 0.305 e. The first-order chi connectivity index (χ1) is 13.5. The van der Waals surface area contributed by atoms with Crippen LogP contribution in [0.4, 0.5) is 0 Å². The first kappa shape index (κ1) is 19.3. The molecule has 0 saturated heterocycles. The molecule has 146 valence electrons. The summed E-state index contributed by atoms with van der Waals surface area (Å²) in [4.78, 5) is 24.5. The quantitative estimate of drug-likeness (QED) is 0.638. The first-order valence-corrected chi connectivity index (χ1v) is 8.97. The number of aryl methyl sites for hydroxylation is 1. The second kappa shape index (κ2) is 8.47. The lowest BCUT2D eigenvalue weighted by molar-refractivity contribution is -0.128. The zero-order chi connectivity index (χ0) is 20.1. The maximum absolute atomic E-state index is 12.3. The van der Waals surface area contributed by atoms with E-state index in [2.05, 4.69) is 10.9 Å². The molecule has 0 radical (unpaired) electrons. The summed E-state index contributed by atoms with van der Waals surface area (Å²) >= 11 is 0. The summed E-state index contributed by atoms with van der Waals surface area (Å²) in [6, 6.07) is 14.3. The van der Waals surface area contributed by atoms with Gasteiger partial charge in [-0.1, -0.05) is 18.2 Å². The van der Waals surface area contributed by atoms with Crippen molar-refractivity contribution < 1.29 is 23.5 Å². The van der Waals surface area contributed by atoms with Gasteiger partial charge >= 0.3 is 5.91 Å². The fourth-order valence-electron chi connectivity index (χ4n) is 2.71. The van der Waals surface area contributed by atoms with Crippen molar-refractivity contribution in [2.75, 3.05) is 6.61 Å². The number of nitrogens with one attached hydrogen (secondary N) is 2. The van der Waals surface area contributed by atoms with Crippen LogP contribution in [0.5, 0.6) is 11.5 Å². The normalized spacial score (nSPS) is 11.7. The van der Waals surface area contributed by atoms with Gasteiger partial charge < -0.3 is 13.9 Å². The predicted molar refractivity (Wildman–Crippen MR) is 104 cm³/mol. The molecule has 7 nitrogen and oxygen atoms in total. The van der Waals surface area contributed by atoms with E-state index in [9.17, 15) is 9.59 Å². The summed E-state index contributed by atoms with van der Waals surface area (Å²) in [7, 11) is 0. The molecule has 1 atom stereocenters. The molecule has 2 N–H and O–H groups in total. The van der Waals surface area contributed by atoms with Gasteiger partial charge in [-0.05, 0) is 51.1 Å². The van der Waals surface area contributed by atoms with Gasteiger partial charge in [-0.15, -0.1) is 0 Å². The van der Waals surface area contributed by atoms with E-state index in [1.807, 2.05) is 25.1 Å². The van der Waals surface area contributed by atoms with Crippen LogP contribution in [0.25, 0.3) is 11.0 Å². The largest absolute Gasteiger partial charge is 0.494 e. The number of furan rings is 1. The van der Waals surface area contributed by atoms with E-state index in [4.69, 9.17) is 13.9 Å². The Kier molecular flexibility index (Phi) is 5.84. The SMILES string of the molecule is CCOc1ccc(O[C@H](C)C(=O)NNC(=O)c2oc3ccccc3c2C)cc1. The van der Waals surface area contributed by atoms with Gasteiger partial charge in [0, 0.05) is 10.9 Å². The summed E-state index contributed by atoms with van der Waals surface area (Å²) in [6.07, 6.45) is -0.810. The van der Waals surface area contributed by atoms with Crippen molar-refractivity contribution in [3.05, 3.63) is 59.9 Å². The molecule has 1 aromatic heterocycles. The molecule has 0 aliphatic rings. The van der Waals surface area contributed by atoms with Gasteiger partial charge in [0.05, 0.1) is 6.61 Å². The number of carbonyl (C=O) groups excluding carboxylic acids is 2. The highest BCUT2D eigenvalue weighted by Gasteiger charge is 2.20. The molecule has 3 aromatic rings. The lowest BCUT2D eigenvalue weighted by Crippen LogP contribution is -2.47. The Morgan fingerprint density at radius 3 is 2.39 bits per heavy atom. The van der Waals surface area contributed by atoms with Crippen LogP contribution in [0.2, 0.25) is 0 Å². The van der Waals surface area contributed by atoms with E-state index in [1.165, 1.54) is 0 Å². The molecule has 2 aromatic carbocycles. The molecule has 28 heavy (non-hydrogen) atoms. The third-order valence-corrected chi connectivity index (χ3v) is 4.17. The number of benzene rings is 2. The summed E-state index contributed by atoms with van der Waals surface area (Å²) in [6.45, 7) is 5.85. The Morgan fingerprint density at radius 1 is 1.04 bits per heavy atom. The minimum Gasteiger partial charge on any atom is -0.494 e. The van der Waals surface area contributed by atoms with Crippen LogP contribution in [0, 0.1) is 6.92 Å². The number of carbonyl (C=O) groups is 2. The average Bonchev–Trinajstić information content (AvgIpc) is 3.04. The second-order valence-electron chi connectivity index (χ2n) is 6.16. The number of amides is 2. The van der Waals surface area contributed by atoms with E-state index in [0.29, 0.717) is 23.5 Å². The van der Waals surface area contributed by atoms with Crippen LogP contribution in [0.3, 0.4) is 0 Å². The zero-order valence-corrected chi connectivity index (χ0v) is 15.9. The van der Waals surface area contributed by atoms with E-state index in [-0.39, 0.29) is 5.76 Å². The van der Waals surface area contributed by atoms with Crippen molar-refractivity contribution in [3.63, 3.8) is 0 Å². The Balaban J connectivity index is 1.56. The van der Waals surface area contributed by atoms with E-state index >= 15 is 0 Å². The Hall–Kier alpha value is -3.48. The Bertz CT molecular complexity index is 978. The highest BCUT2D eigenvalue weighted by atomic mass is 16.5. The molecule has 0 aliphatic heterocycles. The first-order valence-electron chi connectivity index (χ1n) is 8.97. The van der Waals surface area contributed by atoms with Crippen molar-refractivity contribution in [2.24, 2.45) is 0 Å². The monoisotopic (exact) mass is 382 g/mol. The van der Waals surface area contributed by atoms with Gasteiger partial charge in [-0.2, -0.15) is 0 Å². The predicted octanol–water partition coefficient (Wildman–Crippen LogP) is 3.37. The molecule has 1 heterocycles. The van der Waals surface area contributed by atoms with Crippen molar-refractivity contribution >= 4 is 22.8 Å². The van der Waals surface area contributed by atoms with Gasteiger partial charge in [0.25, 0.3) is 5.91 Å². The molecule has 0 fully saturated rings. The summed E-state index contributed by atoms with van der Waals surface area (Å²) in [5, 5.41) is 0.853. The van der Waals surface area contributed by atoms with Gasteiger partial charge in [0.2, 0.25) is 0 Å². The molecule has 3 rings (SSSR count). The van der Waals surface area contributed by atoms with Crippen molar-refractivity contribution in [1.82, 2.24) is 10.9 Å². The maximum Gasteiger partial charge on any atom is 0.305 e. The van der Waals surface area contributed by atoms with Crippen LogP contribution in [-0.4, -0.2) is 24.5 Å². The molecule has 0 aliphatic carbocycles. The number of fused-ring (bicyclic) bond motifs is 1. The lowest BCUT2D eigenvalue weighted by atomic mass is 10.1. The van der Waals surface area contributed by atoms with E-state index in [1.54, 1.807) is 44.2 Å². The van der Waals surface area contributed by atoms with Crippen LogP contribution >= 0.6 is 0 Å². The maximum atomic E-state index is 12.3. The van der Waals surface area contributed by atoms with Crippen LogP contribution < -0.4 is 20.3 Å². The highest BCUT2D eigenvalue weighted by Crippen LogP contribution is 2.24. The molecule has 0 bridgehead atoms. The summed E-state index contributed by atoms with van der Waals surface area (Å²) < 4.78 is 16.5. The lowest BCUT2D eigenvalue weighted by Gasteiger charge is -2.15. The van der Waals surface area contributed by atoms with Gasteiger partial charge in [-0.25, -0.2) is 0 Å². The third-order valence-electron chi connectivity index (χ3n) is 4.17. The number of hydrazine groups is 1. The number of hydrogen-bond donors (Lipinski definition) is 2. The number of rotatable bonds is 6. The van der Waals surface area contributed by atoms with E-state index in [0.717, 1.165) is 11.1 Å². The molecule has 0 unspecified atom stereocenters. The zero-order valence-electron chi connectivity index (χ0n) is 15.9. The van der Waals surface area contributed by atoms with Gasteiger partial charge in [0.1, 0.15) is 17.1 Å². The molecular formula is C21H22N2O5. The Morgan fingerprint density at radius 2 is 1.71 bits per heavy atom. The second-order valence-corrected chi connectivity index (χ2v) is 6.16. The van der Waals surface area contributed by atoms with Crippen molar-refractivity contribution in [1.29, 1.82) is 0 Å². The minimum absolute atomic E-state index is 0.154. The summed E-state index contributed by atoms with van der Waals surface area (Å²) in [5.41, 5.74) is 6.04. The van der Waals surface area contributed by atoms with Crippen LogP contribution in [-0.2, 0) is 4.79 Å². The van der Waals surface area contributed by atoms with Crippen molar-refractivity contribution in [3.8, 4) is 11.5 Å². The minimum atomic E-state index is -0.810. The standard InChI is InChI=1S/C21H22N2O5/c1-4-26-15-9-11-16(12-10-15)27-14(3)20(24)22-23-21(25)19-13(2)17-7-5-6-8-18(17)28-19/h5-12,14H,4H2,1-3H3,(H,22,24)(H,23,25)/t14-/m1/s1. The molecule has 0 saturated carbocycles. The average molecular weight is 382 g/mol. The third kappa shape index (κ3) is 4.25. The topological polar surface area (TPSA) is 89.8 Å². The number of hydrogen-bond acceptors (Lipinski definition) is 5. The number of para-hydroxylation sites is 1. The molecule has 2 amide bonds. The summed E-state index contributed by atoms with van der Waals surface area (Å²) in [5.74, 6) is 0.374. The van der Waals surface area contributed by atoms with Crippen LogP contribution in [0.1, 0.15) is 30.0 Å². The van der Waals surface area contributed by atoms with Gasteiger partial charge in [-0.3, -0.25) is 20.4 Å². The number of ether oxygens (including phenoxy) is 2. The fourth-order valence-corrected chi connectivity index (χ4v) is 2.71. The fraction of sp³-hybridized carbons (Fsp3) is 0.238. The van der Waals surface area contributed by atoms with E-state index < -0.39 is 17.9 Å². The Labute approximate surface area is 162 Å². The molecule has 0 spiro atoms. The van der Waals surface area contributed by atoms with Gasteiger partial charge in [0.15, 0.2) is 11.9 Å². The van der Waals surface area contributed by atoms with Crippen LogP contribution in [0.15, 0.2) is 52.9 Å². The highest BCUT2D eigenvalue weighted by molar-refractivity contribution is 5.99.